The number of rotatable bonds is 5. The summed E-state index contributed by atoms with van der Waals surface area (Å²) in [7, 11) is 2.18. The summed E-state index contributed by atoms with van der Waals surface area (Å²) in [5.41, 5.74) is 3.91. The van der Waals surface area contributed by atoms with Gasteiger partial charge in [0.15, 0.2) is 0 Å². The first-order chi connectivity index (χ1) is 13.6. The van der Waals surface area contributed by atoms with Gasteiger partial charge in [-0.2, -0.15) is 4.98 Å². The second-order valence-electron chi connectivity index (χ2n) is 7.70. The minimum Gasteiger partial charge on any atom is -0.356 e. The molecule has 4 rings (SSSR count). The predicted octanol–water partition coefficient (Wildman–Crippen LogP) is 6.91. The van der Waals surface area contributed by atoms with E-state index < -0.39 is 0 Å². The molecule has 28 heavy (non-hydrogen) atoms. The largest absolute Gasteiger partial charge is 0.356 e. The first-order valence-electron chi connectivity index (χ1n) is 10.4. The molecule has 0 saturated heterocycles. The Morgan fingerprint density at radius 3 is 2.39 bits per heavy atom. The number of benzene rings is 1. The molecule has 0 amide bonds. The van der Waals surface area contributed by atoms with Crippen LogP contribution in [0.4, 0.5) is 5.82 Å². The minimum absolute atomic E-state index is 0.349. The van der Waals surface area contributed by atoms with Crippen LogP contribution in [0.3, 0.4) is 0 Å². The van der Waals surface area contributed by atoms with Crippen molar-refractivity contribution in [3.63, 3.8) is 0 Å². The lowest BCUT2D eigenvalue weighted by atomic mass is 9.94. The van der Waals surface area contributed by atoms with Gasteiger partial charge in [0, 0.05) is 23.5 Å². The Hall–Kier alpha value is -1.65. The maximum absolute atomic E-state index is 6.35. The van der Waals surface area contributed by atoms with Gasteiger partial charge in [-0.3, -0.25) is 0 Å². The van der Waals surface area contributed by atoms with Crippen molar-refractivity contribution in [3.05, 3.63) is 40.0 Å². The van der Waals surface area contributed by atoms with E-state index in [0.29, 0.717) is 11.3 Å². The molecule has 0 N–H and O–H groups in total. The van der Waals surface area contributed by atoms with E-state index in [-0.39, 0.29) is 0 Å². The van der Waals surface area contributed by atoms with E-state index in [2.05, 4.69) is 55.0 Å². The highest BCUT2D eigenvalue weighted by Gasteiger charge is 2.25. The highest BCUT2D eigenvalue weighted by atomic mass is 35.5. The number of anilines is 1. The molecule has 1 aromatic carbocycles. The van der Waals surface area contributed by atoms with Crippen molar-refractivity contribution in [1.82, 2.24) is 9.97 Å². The molecule has 0 atom stereocenters. The van der Waals surface area contributed by atoms with E-state index in [1.807, 2.05) is 0 Å². The number of halogens is 1. The lowest BCUT2D eigenvalue weighted by molar-refractivity contribution is 0.426. The Morgan fingerprint density at radius 2 is 1.75 bits per heavy atom. The van der Waals surface area contributed by atoms with Crippen LogP contribution in [-0.2, 0) is 12.8 Å². The summed E-state index contributed by atoms with van der Waals surface area (Å²) in [6, 6.07) is 9.50. The van der Waals surface area contributed by atoms with Crippen molar-refractivity contribution in [2.75, 3.05) is 11.9 Å². The van der Waals surface area contributed by atoms with Gasteiger partial charge in [0.05, 0.1) is 5.39 Å². The molecule has 5 heteroatoms. The van der Waals surface area contributed by atoms with E-state index in [1.54, 1.807) is 11.3 Å². The maximum atomic E-state index is 6.35. The number of aryl methyl sites for hydroxylation is 2. The van der Waals surface area contributed by atoms with Crippen molar-refractivity contribution in [2.45, 2.75) is 64.8 Å². The third kappa shape index (κ3) is 3.65. The van der Waals surface area contributed by atoms with Crippen LogP contribution in [0, 0.1) is 0 Å². The van der Waals surface area contributed by atoms with Crippen LogP contribution in [-0.4, -0.2) is 23.1 Å². The van der Waals surface area contributed by atoms with Crippen LogP contribution in [0.2, 0.25) is 5.28 Å². The molecule has 0 aliphatic heterocycles. The Morgan fingerprint density at radius 1 is 1.04 bits per heavy atom. The Balaban J connectivity index is 1.90. The molecule has 3 nitrogen and oxygen atoms in total. The molecule has 148 valence electrons. The van der Waals surface area contributed by atoms with E-state index >= 15 is 0 Å². The van der Waals surface area contributed by atoms with Gasteiger partial charge in [0.25, 0.3) is 0 Å². The summed E-state index contributed by atoms with van der Waals surface area (Å²) >= 11 is 8.11. The maximum Gasteiger partial charge on any atom is 0.225 e. The van der Waals surface area contributed by atoms with Gasteiger partial charge in [-0.1, -0.05) is 57.4 Å². The molecule has 2 aromatic heterocycles. The number of thiophene rings is 1. The number of aromatic nitrogens is 2. The number of fused-ring (bicyclic) bond motifs is 1. The summed E-state index contributed by atoms with van der Waals surface area (Å²) in [5.74, 6) is 0.993. The van der Waals surface area contributed by atoms with Gasteiger partial charge in [-0.25, -0.2) is 4.98 Å². The summed E-state index contributed by atoms with van der Waals surface area (Å²) in [4.78, 5) is 14.1. The molecular weight excluding hydrogens is 386 g/mol. The summed E-state index contributed by atoms with van der Waals surface area (Å²) in [5, 5.41) is 1.52. The molecule has 0 bridgehead atoms. The smallest absolute Gasteiger partial charge is 0.225 e. The number of hydrogen-bond donors (Lipinski definition) is 0. The standard InChI is InChI=1S/C23H28ClN3S/c1-4-15-11-13-16(14-12-15)19-18(5-2)28-22-20(19)21(25-23(24)26-22)27(3)17-9-7-6-8-10-17/h11-14,17H,4-10H2,1-3H3. The fourth-order valence-corrected chi connectivity index (χ4v) is 5.70. The van der Waals surface area contributed by atoms with Crippen LogP contribution in [0.1, 0.15) is 56.4 Å². The van der Waals surface area contributed by atoms with Crippen LogP contribution in [0.15, 0.2) is 24.3 Å². The first kappa shape index (κ1) is 19.7. The van der Waals surface area contributed by atoms with Crippen LogP contribution < -0.4 is 4.90 Å². The van der Waals surface area contributed by atoms with Crippen molar-refractivity contribution < 1.29 is 0 Å². The monoisotopic (exact) mass is 413 g/mol. The van der Waals surface area contributed by atoms with E-state index in [1.165, 1.54) is 59.1 Å². The van der Waals surface area contributed by atoms with Crippen LogP contribution in [0.5, 0.6) is 0 Å². The average molecular weight is 414 g/mol. The molecular formula is C23H28ClN3S. The second-order valence-corrected chi connectivity index (χ2v) is 9.13. The molecule has 0 unspecified atom stereocenters. The van der Waals surface area contributed by atoms with Gasteiger partial charge in [0.1, 0.15) is 10.6 Å². The zero-order valence-electron chi connectivity index (χ0n) is 17.0. The van der Waals surface area contributed by atoms with E-state index in [0.717, 1.165) is 23.5 Å². The lowest BCUT2D eigenvalue weighted by Gasteiger charge is -2.32. The number of hydrogen-bond acceptors (Lipinski definition) is 4. The molecule has 1 aliphatic carbocycles. The third-order valence-corrected chi connectivity index (χ3v) is 7.40. The van der Waals surface area contributed by atoms with Crippen LogP contribution >= 0.6 is 22.9 Å². The Labute approximate surface area is 176 Å². The van der Waals surface area contributed by atoms with Gasteiger partial charge in [-0.05, 0) is 48.4 Å². The molecule has 1 fully saturated rings. The predicted molar refractivity (Wildman–Crippen MR) is 122 cm³/mol. The lowest BCUT2D eigenvalue weighted by Crippen LogP contribution is -2.34. The molecule has 0 radical (unpaired) electrons. The fraction of sp³-hybridized carbons (Fsp3) is 0.478. The number of nitrogens with zero attached hydrogens (tertiary/aromatic N) is 3. The first-order valence-corrected chi connectivity index (χ1v) is 11.6. The summed E-state index contributed by atoms with van der Waals surface area (Å²) < 4.78 is 0. The summed E-state index contributed by atoms with van der Waals surface area (Å²) in [6.07, 6.45) is 8.43. The Kier molecular flexibility index (Phi) is 5.88. The zero-order valence-corrected chi connectivity index (χ0v) is 18.5. The zero-order chi connectivity index (χ0) is 19.7. The van der Waals surface area contributed by atoms with Crippen molar-refractivity contribution in [3.8, 4) is 11.1 Å². The van der Waals surface area contributed by atoms with Crippen LogP contribution in [0.25, 0.3) is 21.3 Å². The van der Waals surface area contributed by atoms with Crippen molar-refractivity contribution in [2.24, 2.45) is 0 Å². The Bertz CT molecular complexity index is 958. The van der Waals surface area contributed by atoms with Crippen molar-refractivity contribution in [1.29, 1.82) is 0 Å². The normalized spacial score (nSPS) is 15.3. The topological polar surface area (TPSA) is 29.0 Å². The quantitative estimate of drug-likeness (QED) is 0.425. The third-order valence-electron chi connectivity index (χ3n) is 6.01. The molecule has 2 heterocycles. The molecule has 1 aliphatic rings. The van der Waals surface area contributed by atoms with Gasteiger partial charge >= 0.3 is 0 Å². The van der Waals surface area contributed by atoms with Gasteiger partial charge in [0.2, 0.25) is 5.28 Å². The second kappa shape index (κ2) is 8.38. The average Bonchev–Trinajstić information content (AvgIpc) is 3.11. The molecule has 3 aromatic rings. The van der Waals surface area contributed by atoms with Gasteiger partial charge in [-0.15, -0.1) is 11.3 Å². The minimum atomic E-state index is 0.349. The highest BCUT2D eigenvalue weighted by molar-refractivity contribution is 7.19. The highest BCUT2D eigenvalue weighted by Crippen LogP contribution is 2.43. The van der Waals surface area contributed by atoms with Crippen molar-refractivity contribution >= 4 is 39.0 Å². The molecule has 1 saturated carbocycles. The van der Waals surface area contributed by atoms with Gasteiger partial charge < -0.3 is 4.90 Å². The SMILES string of the molecule is CCc1ccc(-c2c(CC)sc3nc(Cl)nc(N(C)C4CCCCC4)c23)cc1. The summed E-state index contributed by atoms with van der Waals surface area (Å²) in [6.45, 7) is 4.41. The molecule has 0 spiro atoms. The fourth-order valence-electron chi connectivity index (χ4n) is 4.36. The van der Waals surface area contributed by atoms with E-state index in [9.17, 15) is 0 Å². The van der Waals surface area contributed by atoms with E-state index in [4.69, 9.17) is 16.6 Å².